The van der Waals surface area contributed by atoms with Gasteiger partial charge in [0.1, 0.15) is 11.6 Å². The standard InChI is InChI=1S/C28H33N7O3/c1-20(36)22-8-10-24(11-9-22)35-16-14-34(15-17-35)19-27(38)31-26-18-25(30-13-12-29-21(2)37)32-28(33-26)23-6-4-3-5-7-23/h3-11,18H,12-17,19H2,1-2H3,(H,29,37)(H2,30,31,32,33,38). The number of carbonyl (C=O) groups excluding carboxylic acids is 3. The van der Waals surface area contributed by atoms with Crippen LogP contribution in [0.2, 0.25) is 0 Å². The first kappa shape index (κ1) is 26.7. The van der Waals surface area contributed by atoms with Crippen molar-refractivity contribution in [1.82, 2.24) is 20.2 Å². The van der Waals surface area contributed by atoms with E-state index >= 15 is 0 Å². The first-order valence-corrected chi connectivity index (χ1v) is 12.7. The minimum absolute atomic E-state index is 0.0554. The molecule has 38 heavy (non-hydrogen) atoms. The smallest absolute Gasteiger partial charge is 0.239 e. The molecule has 1 aromatic heterocycles. The van der Waals surface area contributed by atoms with E-state index < -0.39 is 0 Å². The highest BCUT2D eigenvalue weighted by molar-refractivity contribution is 5.94. The molecule has 0 atom stereocenters. The van der Waals surface area contributed by atoms with Crippen molar-refractivity contribution in [3.63, 3.8) is 0 Å². The third kappa shape index (κ3) is 7.59. The summed E-state index contributed by atoms with van der Waals surface area (Å²) >= 11 is 0. The molecule has 1 fully saturated rings. The number of nitrogens with zero attached hydrogens (tertiary/aromatic N) is 4. The summed E-state index contributed by atoms with van der Waals surface area (Å²) < 4.78 is 0. The van der Waals surface area contributed by atoms with Gasteiger partial charge in [0.2, 0.25) is 11.8 Å². The van der Waals surface area contributed by atoms with Gasteiger partial charge in [-0.05, 0) is 31.2 Å². The van der Waals surface area contributed by atoms with Gasteiger partial charge < -0.3 is 20.9 Å². The summed E-state index contributed by atoms with van der Waals surface area (Å²) in [5.41, 5.74) is 2.61. The molecule has 0 aliphatic carbocycles. The van der Waals surface area contributed by atoms with Gasteiger partial charge in [0.15, 0.2) is 11.6 Å². The number of anilines is 3. The number of ketones is 1. The number of hydrogen-bond donors (Lipinski definition) is 3. The van der Waals surface area contributed by atoms with E-state index in [9.17, 15) is 14.4 Å². The molecule has 0 saturated carbocycles. The Labute approximate surface area is 222 Å². The summed E-state index contributed by atoms with van der Waals surface area (Å²) in [7, 11) is 0. The second-order valence-electron chi connectivity index (χ2n) is 9.15. The van der Waals surface area contributed by atoms with Gasteiger partial charge >= 0.3 is 0 Å². The van der Waals surface area contributed by atoms with E-state index in [0.29, 0.717) is 36.1 Å². The zero-order valence-electron chi connectivity index (χ0n) is 21.7. The Hall–Kier alpha value is -4.31. The molecule has 4 rings (SSSR count). The number of piperazine rings is 1. The summed E-state index contributed by atoms with van der Waals surface area (Å²) in [6.07, 6.45) is 0. The Bertz CT molecular complexity index is 1260. The van der Waals surface area contributed by atoms with Crippen LogP contribution >= 0.6 is 0 Å². The van der Waals surface area contributed by atoms with Gasteiger partial charge in [-0.1, -0.05) is 30.3 Å². The first-order chi connectivity index (χ1) is 18.4. The molecule has 2 aromatic carbocycles. The molecule has 0 bridgehead atoms. The molecule has 198 valence electrons. The Morgan fingerprint density at radius 1 is 0.842 bits per heavy atom. The van der Waals surface area contributed by atoms with Crippen LogP contribution in [0.1, 0.15) is 24.2 Å². The number of benzene rings is 2. The molecule has 10 nitrogen and oxygen atoms in total. The van der Waals surface area contributed by atoms with E-state index in [4.69, 9.17) is 0 Å². The lowest BCUT2D eigenvalue weighted by atomic mass is 10.1. The fourth-order valence-corrected chi connectivity index (χ4v) is 4.20. The van der Waals surface area contributed by atoms with Crippen LogP contribution in [0.3, 0.4) is 0 Å². The maximum atomic E-state index is 12.9. The van der Waals surface area contributed by atoms with Gasteiger partial charge in [-0.15, -0.1) is 0 Å². The van der Waals surface area contributed by atoms with Gasteiger partial charge in [0, 0.05) is 69.1 Å². The lowest BCUT2D eigenvalue weighted by Gasteiger charge is -2.35. The molecule has 1 saturated heterocycles. The minimum atomic E-state index is -0.147. The summed E-state index contributed by atoms with van der Waals surface area (Å²) in [6, 6.07) is 18.9. The second-order valence-corrected chi connectivity index (χ2v) is 9.15. The van der Waals surface area contributed by atoms with Crippen molar-refractivity contribution in [1.29, 1.82) is 0 Å². The quantitative estimate of drug-likeness (QED) is 0.279. The van der Waals surface area contributed by atoms with Gasteiger partial charge in [0.05, 0.1) is 6.54 Å². The maximum Gasteiger partial charge on any atom is 0.239 e. The van der Waals surface area contributed by atoms with Crippen molar-refractivity contribution in [2.24, 2.45) is 0 Å². The monoisotopic (exact) mass is 515 g/mol. The molecule has 1 aliphatic rings. The van der Waals surface area contributed by atoms with E-state index in [1.807, 2.05) is 54.6 Å². The zero-order chi connectivity index (χ0) is 26.9. The summed E-state index contributed by atoms with van der Waals surface area (Å²) in [5, 5.41) is 8.84. The van der Waals surface area contributed by atoms with Crippen molar-refractivity contribution in [3.8, 4) is 11.4 Å². The Morgan fingerprint density at radius 2 is 1.53 bits per heavy atom. The van der Waals surface area contributed by atoms with Crippen molar-refractivity contribution in [2.75, 3.05) is 61.3 Å². The number of carbonyl (C=O) groups is 3. The lowest BCUT2D eigenvalue weighted by Crippen LogP contribution is -2.48. The number of aromatic nitrogens is 2. The van der Waals surface area contributed by atoms with E-state index in [1.165, 1.54) is 6.92 Å². The summed E-state index contributed by atoms with van der Waals surface area (Å²) in [5.74, 6) is 1.28. The van der Waals surface area contributed by atoms with Crippen molar-refractivity contribution >= 4 is 34.9 Å². The first-order valence-electron chi connectivity index (χ1n) is 12.7. The van der Waals surface area contributed by atoms with Crippen molar-refractivity contribution in [2.45, 2.75) is 13.8 Å². The molecule has 0 radical (unpaired) electrons. The highest BCUT2D eigenvalue weighted by atomic mass is 16.2. The highest BCUT2D eigenvalue weighted by Gasteiger charge is 2.20. The normalized spacial score (nSPS) is 13.6. The third-order valence-corrected chi connectivity index (χ3v) is 6.21. The maximum absolute atomic E-state index is 12.9. The van der Waals surface area contributed by atoms with Gasteiger partial charge in [-0.2, -0.15) is 0 Å². The van der Waals surface area contributed by atoms with Gasteiger partial charge in [-0.25, -0.2) is 9.97 Å². The summed E-state index contributed by atoms with van der Waals surface area (Å²) in [4.78, 5) is 49.1. The number of hydrogen-bond acceptors (Lipinski definition) is 8. The molecular formula is C28H33N7O3. The average Bonchev–Trinajstić information content (AvgIpc) is 2.92. The lowest BCUT2D eigenvalue weighted by molar-refractivity contribution is -0.119. The predicted octanol–water partition coefficient (Wildman–Crippen LogP) is 2.65. The predicted molar refractivity (Wildman–Crippen MR) is 148 cm³/mol. The van der Waals surface area contributed by atoms with E-state index in [0.717, 1.165) is 37.4 Å². The zero-order valence-corrected chi connectivity index (χ0v) is 21.7. The average molecular weight is 516 g/mol. The van der Waals surface area contributed by atoms with Gasteiger partial charge in [0.25, 0.3) is 0 Å². The molecule has 1 aliphatic heterocycles. The Morgan fingerprint density at radius 3 is 2.18 bits per heavy atom. The fourth-order valence-electron chi connectivity index (χ4n) is 4.20. The number of nitrogens with one attached hydrogen (secondary N) is 3. The van der Waals surface area contributed by atoms with Crippen molar-refractivity contribution < 1.29 is 14.4 Å². The van der Waals surface area contributed by atoms with Crippen LogP contribution in [0.4, 0.5) is 17.3 Å². The van der Waals surface area contributed by atoms with E-state index in [-0.39, 0.29) is 24.1 Å². The van der Waals surface area contributed by atoms with E-state index in [2.05, 4.69) is 35.7 Å². The molecule has 10 heteroatoms. The van der Waals surface area contributed by atoms with Crippen LogP contribution in [0.15, 0.2) is 60.7 Å². The molecule has 0 unspecified atom stereocenters. The van der Waals surface area contributed by atoms with Crippen LogP contribution in [0.5, 0.6) is 0 Å². The van der Waals surface area contributed by atoms with Crippen LogP contribution in [0.25, 0.3) is 11.4 Å². The fraction of sp³-hybridized carbons (Fsp3) is 0.321. The Balaban J connectivity index is 1.35. The van der Waals surface area contributed by atoms with Crippen molar-refractivity contribution in [3.05, 3.63) is 66.2 Å². The highest BCUT2D eigenvalue weighted by Crippen LogP contribution is 2.21. The third-order valence-electron chi connectivity index (χ3n) is 6.21. The summed E-state index contributed by atoms with van der Waals surface area (Å²) in [6.45, 7) is 7.31. The number of Topliss-reactive ketones (excluding diaryl/α,β-unsaturated/α-hetero) is 1. The van der Waals surface area contributed by atoms with Crippen LogP contribution < -0.4 is 20.9 Å². The van der Waals surface area contributed by atoms with Gasteiger partial charge in [-0.3, -0.25) is 19.3 Å². The molecular weight excluding hydrogens is 482 g/mol. The second kappa shape index (κ2) is 12.8. The number of amides is 2. The molecule has 2 amide bonds. The SMILES string of the molecule is CC(=O)NCCNc1cc(NC(=O)CN2CCN(c3ccc(C(C)=O)cc3)CC2)nc(-c2ccccc2)n1. The van der Waals surface area contributed by atoms with Crippen LogP contribution in [-0.2, 0) is 9.59 Å². The topological polar surface area (TPSA) is 120 Å². The van der Waals surface area contributed by atoms with Crippen LogP contribution in [0, 0.1) is 0 Å². The molecule has 2 heterocycles. The number of rotatable bonds is 10. The largest absolute Gasteiger partial charge is 0.369 e. The molecule has 3 aromatic rings. The molecule has 3 N–H and O–H groups in total. The molecule has 0 spiro atoms. The minimum Gasteiger partial charge on any atom is -0.369 e. The Kier molecular flexibility index (Phi) is 8.99. The van der Waals surface area contributed by atoms with Crippen LogP contribution in [-0.4, -0.2) is 78.3 Å². The van der Waals surface area contributed by atoms with E-state index in [1.54, 1.807) is 13.0 Å².